The standard InChI is InChI=1S/C18H25N3O2/c1-13-16(12-21(3)20-13)9-10-18(23)19-14(2)17(22)11-15-7-5-4-6-8-15/h4-8,12,14,17,22H,9-11H2,1-3H3,(H,19,23). The number of aromatic nitrogens is 2. The molecule has 2 rings (SSSR count). The number of rotatable bonds is 7. The number of aliphatic hydroxyl groups is 1. The van der Waals surface area contributed by atoms with E-state index in [1.54, 1.807) is 4.68 Å². The number of benzene rings is 1. The normalized spacial score (nSPS) is 13.6. The topological polar surface area (TPSA) is 67.2 Å². The molecule has 1 amide bonds. The van der Waals surface area contributed by atoms with E-state index in [9.17, 15) is 9.90 Å². The van der Waals surface area contributed by atoms with Gasteiger partial charge >= 0.3 is 0 Å². The van der Waals surface area contributed by atoms with Crippen molar-refractivity contribution in [3.63, 3.8) is 0 Å². The number of nitrogens with one attached hydrogen (secondary N) is 1. The number of aryl methyl sites for hydroxylation is 3. The van der Waals surface area contributed by atoms with Crippen molar-refractivity contribution in [3.05, 3.63) is 53.3 Å². The highest BCUT2D eigenvalue weighted by Gasteiger charge is 2.17. The zero-order valence-corrected chi connectivity index (χ0v) is 14.0. The van der Waals surface area contributed by atoms with Crippen LogP contribution in [0, 0.1) is 6.92 Å². The Balaban J connectivity index is 1.78. The second kappa shape index (κ2) is 7.92. The third-order valence-corrected chi connectivity index (χ3v) is 3.99. The lowest BCUT2D eigenvalue weighted by atomic mass is 10.0. The molecule has 23 heavy (non-hydrogen) atoms. The van der Waals surface area contributed by atoms with Gasteiger partial charge in [0.2, 0.25) is 5.91 Å². The maximum absolute atomic E-state index is 12.1. The van der Waals surface area contributed by atoms with Gasteiger partial charge in [0.25, 0.3) is 0 Å². The molecule has 0 radical (unpaired) electrons. The largest absolute Gasteiger partial charge is 0.391 e. The summed E-state index contributed by atoms with van der Waals surface area (Å²) >= 11 is 0. The smallest absolute Gasteiger partial charge is 0.220 e. The number of amides is 1. The van der Waals surface area contributed by atoms with Gasteiger partial charge in [-0.1, -0.05) is 30.3 Å². The molecule has 5 nitrogen and oxygen atoms in total. The lowest BCUT2D eigenvalue weighted by Crippen LogP contribution is -2.42. The van der Waals surface area contributed by atoms with Crippen LogP contribution in [0.25, 0.3) is 0 Å². The predicted molar refractivity (Wildman–Crippen MR) is 90.0 cm³/mol. The minimum absolute atomic E-state index is 0.0483. The molecule has 2 aromatic rings. The van der Waals surface area contributed by atoms with Crippen molar-refractivity contribution in [1.29, 1.82) is 0 Å². The zero-order valence-electron chi connectivity index (χ0n) is 14.0. The third kappa shape index (κ3) is 5.21. The van der Waals surface area contributed by atoms with Gasteiger partial charge in [-0.3, -0.25) is 9.48 Å². The second-order valence-corrected chi connectivity index (χ2v) is 6.03. The summed E-state index contributed by atoms with van der Waals surface area (Å²) in [6.45, 7) is 3.78. The van der Waals surface area contributed by atoms with E-state index >= 15 is 0 Å². The Morgan fingerprint density at radius 3 is 2.65 bits per heavy atom. The zero-order chi connectivity index (χ0) is 16.8. The fourth-order valence-corrected chi connectivity index (χ4v) is 2.60. The molecule has 0 spiro atoms. The Morgan fingerprint density at radius 1 is 1.35 bits per heavy atom. The first-order valence-electron chi connectivity index (χ1n) is 7.96. The molecular formula is C18H25N3O2. The molecule has 2 N–H and O–H groups in total. The lowest BCUT2D eigenvalue weighted by Gasteiger charge is -2.20. The molecule has 1 aromatic carbocycles. The van der Waals surface area contributed by atoms with E-state index in [0.717, 1.165) is 16.8 Å². The van der Waals surface area contributed by atoms with Gasteiger partial charge in [-0.25, -0.2) is 0 Å². The van der Waals surface area contributed by atoms with Crippen molar-refractivity contribution < 1.29 is 9.90 Å². The van der Waals surface area contributed by atoms with Crippen molar-refractivity contribution in [2.45, 2.75) is 45.3 Å². The summed E-state index contributed by atoms with van der Waals surface area (Å²) in [7, 11) is 1.87. The number of carbonyl (C=O) groups is 1. The van der Waals surface area contributed by atoms with Crippen LogP contribution in [0.15, 0.2) is 36.5 Å². The van der Waals surface area contributed by atoms with Crippen LogP contribution in [0.4, 0.5) is 0 Å². The number of carbonyl (C=O) groups excluding carboxylic acids is 1. The fourth-order valence-electron chi connectivity index (χ4n) is 2.60. The van der Waals surface area contributed by atoms with Gasteiger partial charge in [0.05, 0.1) is 17.8 Å². The van der Waals surface area contributed by atoms with E-state index in [1.165, 1.54) is 0 Å². The summed E-state index contributed by atoms with van der Waals surface area (Å²) < 4.78 is 1.76. The van der Waals surface area contributed by atoms with E-state index in [-0.39, 0.29) is 11.9 Å². The van der Waals surface area contributed by atoms with Crippen molar-refractivity contribution in [2.24, 2.45) is 7.05 Å². The molecule has 2 atom stereocenters. The van der Waals surface area contributed by atoms with Crippen LogP contribution in [-0.4, -0.2) is 32.9 Å². The van der Waals surface area contributed by atoms with E-state index in [2.05, 4.69) is 10.4 Å². The highest BCUT2D eigenvalue weighted by Crippen LogP contribution is 2.09. The van der Waals surface area contributed by atoms with Crippen LogP contribution in [0.2, 0.25) is 0 Å². The van der Waals surface area contributed by atoms with Crippen molar-refractivity contribution in [1.82, 2.24) is 15.1 Å². The molecule has 0 bridgehead atoms. The number of hydrogen-bond acceptors (Lipinski definition) is 3. The Morgan fingerprint density at radius 2 is 2.04 bits per heavy atom. The van der Waals surface area contributed by atoms with Gasteiger partial charge < -0.3 is 10.4 Å². The molecule has 0 aliphatic carbocycles. The number of hydrogen-bond donors (Lipinski definition) is 2. The summed E-state index contributed by atoms with van der Waals surface area (Å²) in [6, 6.07) is 9.51. The summed E-state index contributed by atoms with van der Waals surface area (Å²) in [6.07, 6.45) is 2.93. The molecule has 0 aliphatic rings. The quantitative estimate of drug-likeness (QED) is 0.818. The van der Waals surface area contributed by atoms with Gasteiger partial charge in [0.15, 0.2) is 0 Å². The van der Waals surface area contributed by atoms with Gasteiger partial charge in [-0.05, 0) is 31.4 Å². The Hall–Kier alpha value is -2.14. The van der Waals surface area contributed by atoms with E-state index < -0.39 is 6.10 Å². The third-order valence-electron chi connectivity index (χ3n) is 3.99. The molecular weight excluding hydrogens is 290 g/mol. The highest BCUT2D eigenvalue weighted by atomic mass is 16.3. The molecule has 0 saturated heterocycles. The maximum Gasteiger partial charge on any atom is 0.220 e. The van der Waals surface area contributed by atoms with Crippen LogP contribution in [-0.2, 0) is 24.7 Å². The first-order valence-corrected chi connectivity index (χ1v) is 7.96. The molecule has 1 heterocycles. The average Bonchev–Trinajstić information content (AvgIpc) is 2.84. The second-order valence-electron chi connectivity index (χ2n) is 6.03. The molecule has 0 fully saturated rings. The average molecular weight is 315 g/mol. The van der Waals surface area contributed by atoms with Crippen LogP contribution in [0.3, 0.4) is 0 Å². The minimum Gasteiger partial charge on any atom is -0.391 e. The first-order chi connectivity index (χ1) is 11.0. The first kappa shape index (κ1) is 17.2. The van der Waals surface area contributed by atoms with E-state index in [1.807, 2.05) is 57.4 Å². The summed E-state index contributed by atoms with van der Waals surface area (Å²) in [5.41, 5.74) is 3.10. The summed E-state index contributed by atoms with van der Waals surface area (Å²) in [5, 5.41) is 17.4. The molecule has 0 aliphatic heterocycles. The Kier molecular flexibility index (Phi) is 5.93. The van der Waals surface area contributed by atoms with Crippen LogP contribution >= 0.6 is 0 Å². The Labute approximate surface area is 137 Å². The summed E-state index contributed by atoms with van der Waals surface area (Å²) in [5.74, 6) is -0.0483. The molecule has 124 valence electrons. The Bertz CT molecular complexity index is 637. The predicted octanol–water partition coefficient (Wildman–Crippen LogP) is 1.77. The lowest BCUT2D eigenvalue weighted by molar-refractivity contribution is -0.122. The van der Waals surface area contributed by atoms with Gasteiger partial charge in [0, 0.05) is 26.1 Å². The van der Waals surface area contributed by atoms with Crippen LogP contribution in [0.1, 0.15) is 30.2 Å². The molecule has 0 saturated carbocycles. The van der Waals surface area contributed by atoms with Crippen molar-refractivity contribution in [3.8, 4) is 0 Å². The van der Waals surface area contributed by atoms with Gasteiger partial charge in [-0.15, -0.1) is 0 Å². The van der Waals surface area contributed by atoms with E-state index in [4.69, 9.17) is 0 Å². The molecule has 1 aromatic heterocycles. The fraction of sp³-hybridized carbons (Fsp3) is 0.444. The van der Waals surface area contributed by atoms with Crippen LogP contribution < -0.4 is 5.32 Å². The molecule has 2 unspecified atom stereocenters. The van der Waals surface area contributed by atoms with Gasteiger partial charge in [0.1, 0.15) is 0 Å². The maximum atomic E-state index is 12.1. The van der Waals surface area contributed by atoms with E-state index in [0.29, 0.717) is 19.3 Å². The number of aliphatic hydroxyl groups excluding tert-OH is 1. The van der Waals surface area contributed by atoms with Crippen molar-refractivity contribution >= 4 is 5.91 Å². The van der Waals surface area contributed by atoms with Gasteiger partial charge in [-0.2, -0.15) is 5.10 Å². The monoisotopic (exact) mass is 315 g/mol. The van der Waals surface area contributed by atoms with Crippen LogP contribution in [0.5, 0.6) is 0 Å². The SMILES string of the molecule is Cc1nn(C)cc1CCC(=O)NC(C)C(O)Cc1ccccc1. The summed E-state index contributed by atoms with van der Waals surface area (Å²) in [4.78, 5) is 12.1. The highest BCUT2D eigenvalue weighted by molar-refractivity contribution is 5.76. The van der Waals surface area contributed by atoms with Crippen molar-refractivity contribution in [2.75, 3.05) is 0 Å². The molecule has 5 heteroatoms. The minimum atomic E-state index is -0.596. The number of nitrogens with zero attached hydrogens (tertiary/aromatic N) is 2.